The highest BCUT2D eigenvalue weighted by Crippen LogP contribution is 2.36. The molecule has 0 aliphatic carbocycles. The van der Waals surface area contributed by atoms with Crippen LogP contribution in [0.5, 0.6) is 0 Å². The quantitative estimate of drug-likeness (QED) is 0.0538. The molecule has 7 rings (SSSR count). The summed E-state index contributed by atoms with van der Waals surface area (Å²) in [6, 6.07) is -1.64. The third-order valence-electron chi connectivity index (χ3n) is 14.9. The molecule has 1 unspecified atom stereocenters. The second-order valence-electron chi connectivity index (χ2n) is 20.4. The maximum absolute atomic E-state index is 12.0. The number of hydrogen-bond acceptors (Lipinski definition) is 36. The Morgan fingerprint density at radius 3 is 0.988 bits per heavy atom. The summed E-state index contributed by atoms with van der Waals surface area (Å²) >= 11 is 0. The number of hydrogen-bond donors (Lipinski definition) is 23. The van der Waals surface area contributed by atoms with E-state index in [9.17, 15) is 117 Å². The largest absolute Gasteiger partial charge is 0.394 e. The monoisotopic (exact) mass is 1190 g/mol. The molecule has 23 N–H and O–H groups in total. The van der Waals surface area contributed by atoms with E-state index in [0.29, 0.717) is 0 Å². The van der Waals surface area contributed by atoms with Crippen molar-refractivity contribution in [1.82, 2.24) is 5.32 Å². The van der Waals surface area contributed by atoms with Gasteiger partial charge in [-0.25, -0.2) is 0 Å². The summed E-state index contributed by atoms with van der Waals surface area (Å²) in [5.41, 5.74) is 0. The maximum atomic E-state index is 12.0. The fourth-order valence-corrected chi connectivity index (χ4v) is 10.1. The van der Waals surface area contributed by atoms with Crippen LogP contribution in [0.3, 0.4) is 0 Å². The highest BCUT2D eigenvalue weighted by Gasteiger charge is 2.57. The van der Waals surface area contributed by atoms with Gasteiger partial charge >= 0.3 is 0 Å². The van der Waals surface area contributed by atoms with Crippen molar-refractivity contribution >= 4 is 5.91 Å². The molecule has 0 radical (unpaired) electrons. The number of aliphatic hydroxyl groups is 22. The van der Waals surface area contributed by atoms with E-state index in [1.54, 1.807) is 0 Å². The normalized spacial score (nSPS) is 51.9. The molecule has 0 aromatic rings. The Morgan fingerprint density at radius 2 is 0.605 bits per heavy atom. The van der Waals surface area contributed by atoms with Crippen molar-refractivity contribution in [2.75, 3.05) is 46.2 Å². The minimum atomic E-state index is -2.27. The van der Waals surface area contributed by atoms with Crippen LogP contribution in [0.2, 0.25) is 0 Å². The summed E-state index contributed by atoms with van der Waals surface area (Å²) in [7, 11) is 0. The topological polar surface area (TPSA) is 594 Å². The Bertz CT molecular complexity index is 1940. The van der Waals surface area contributed by atoms with Crippen molar-refractivity contribution in [1.29, 1.82) is 0 Å². The first-order valence-electron chi connectivity index (χ1n) is 25.6. The lowest BCUT2D eigenvalue weighted by Crippen LogP contribution is -2.68. The van der Waals surface area contributed by atoms with Crippen LogP contribution in [-0.2, 0) is 66.4 Å². The number of nitrogens with one attached hydrogen (secondary N) is 1. The lowest BCUT2D eigenvalue weighted by Gasteiger charge is -2.49. The molecular weight excluding hydrogens is 1120 g/mol. The molecular formula is C44H75NO36. The molecule has 37 nitrogen and oxygen atoms in total. The van der Waals surface area contributed by atoms with Crippen LogP contribution in [0.4, 0.5) is 0 Å². The van der Waals surface area contributed by atoms with Gasteiger partial charge in [-0.2, -0.15) is 0 Å². The Kier molecular flexibility index (Phi) is 23.6. The van der Waals surface area contributed by atoms with E-state index < -0.39 is 267 Å². The molecule has 37 heteroatoms. The summed E-state index contributed by atoms with van der Waals surface area (Å²) in [4.78, 5) is 12.0. The van der Waals surface area contributed by atoms with Crippen molar-refractivity contribution in [2.24, 2.45) is 0 Å². The molecule has 7 aliphatic heterocycles. The third kappa shape index (κ3) is 14.4. The average molecular weight is 1190 g/mol. The number of rotatable bonds is 20. The van der Waals surface area contributed by atoms with E-state index in [1.807, 2.05) is 0 Å². The van der Waals surface area contributed by atoms with Crippen molar-refractivity contribution in [3.8, 4) is 0 Å². The van der Waals surface area contributed by atoms with Gasteiger partial charge in [0.15, 0.2) is 44.0 Å². The molecule has 0 bridgehead atoms. The van der Waals surface area contributed by atoms with E-state index >= 15 is 0 Å². The summed E-state index contributed by atoms with van der Waals surface area (Å²) in [5.74, 6) is -0.773. The molecule has 7 heterocycles. The van der Waals surface area contributed by atoms with Crippen LogP contribution in [0.15, 0.2) is 0 Å². The SMILES string of the molecule is CC(=O)N[C@H]1C(O)O[C@H](CO)[C@@H](O[C@@H]2O[C@H](CO[C@H]3O[C@H](CO[C@H]4O[C@H](CO[C@H]5O[C@H](CO)[C@@H](O)[C@H](O)[C@@H]5O)[C@@H](O)[C@H](O)[C@@H]4O)[C@@H](O)[C@H](O[C@H]4O[C@H](CO)[C@@H](O)[C@H](O)[C@@H]4O)[C@@H]3O)[C@@H](O)[C@H](O[C@H]3O[C@H](CO)[C@@H](O)[C@H](O)[C@@H]3O)[C@@H]2O)[C@@H]1O. The lowest BCUT2D eigenvalue weighted by molar-refractivity contribution is -0.385. The van der Waals surface area contributed by atoms with Crippen molar-refractivity contribution in [3.05, 3.63) is 0 Å². The van der Waals surface area contributed by atoms with Gasteiger partial charge in [-0.15, -0.1) is 0 Å². The minimum absolute atomic E-state index is 0.773. The standard InChI is InChI=1S/C44H75NO36/c1-9(50)45-17-24(57)35(13(5-49)72-38(17)68)79-44-34(67)37(81-43-32(65)27(60)20(53)12(4-48)75-43)23(56)16(78-44)8-71-41-33(66)36(80-42-31(64)26(59)19(52)11(3-47)74-42)22(55)15(77-41)7-70-40-30(63)28(61)21(54)14(76-40)6-69-39-29(62)25(58)18(51)10(2-46)73-39/h10-44,46-49,51-68H,2-8H2,1H3,(H,45,50)/t10-,11-,12-,13-,14-,15-,16-,17-,18-,19-,20-,21-,22-,23-,24-,25+,26+,27+,28+,29+,30+,31+,32+,33+,34+,35-,36+,37+,38?,39+,40+,41+,42-,43-,44+/m1/s1. The van der Waals surface area contributed by atoms with Gasteiger partial charge in [-0.1, -0.05) is 0 Å². The number of amides is 1. The molecule has 0 aromatic carbocycles. The van der Waals surface area contributed by atoms with Crippen LogP contribution in [0, 0.1) is 0 Å². The Hall–Kier alpha value is -1.93. The van der Waals surface area contributed by atoms with Gasteiger partial charge in [0, 0.05) is 6.92 Å². The molecule has 35 atom stereocenters. The molecule has 7 saturated heterocycles. The van der Waals surface area contributed by atoms with Crippen LogP contribution in [0.1, 0.15) is 6.92 Å². The zero-order valence-corrected chi connectivity index (χ0v) is 42.7. The highest BCUT2D eigenvalue weighted by molar-refractivity contribution is 5.73. The first-order valence-corrected chi connectivity index (χ1v) is 25.6. The van der Waals surface area contributed by atoms with E-state index in [4.69, 9.17) is 61.6 Å². The van der Waals surface area contributed by atoms with Crippen molar-refractivity contribution in [3.63, 3.8) is 0 Å². The predicted molar refractivity (Wildman–Crippen MR) is 243 cm³/mol. The molecule has 7 aliphatic rings. The molecule has 0 spiro atoms. The van der Waals surface area contributed by atoms with Crippen LogP contribution >= 0.6 is 0 Å². The number of carbonyl (C=O) groups is 1. The molecule has 7 fully saturated rings. The van der Waals surface area contributed by atoms with E-state index in [0.717, 1.165) is 6.92 Å². The Balaban J connectivity index is 1.13. The van der Waals surface area contributed by atoms with Crippen LogP contribution in [0.25, 0.3) is 0 Å². The van der Waals surface area contributed by atoms with Crippen molar-refractivity contribution < 1.29 is 179 Å². The smallest absolute Gasteiger partial charge is 0.217 e. The third-order valence-corrected chi connectivity index (χ3v) is 14.9. The molecule has 0 aromatic heterocycles. The van der Waals surface area contributed by atoms with Gasteiger partial charge in [0.25, 0.3) is 0 Å². The molecule has 81 heavy (non-hydrogen) atoms. The summed E-state index contributed by atoms with van der Waals surface area (Å²) in [5, 5.41) is 237. The molecule has 0 saturated carbocycles. The zero-order chi connectivity index (χ0) is 59.6. The first-order chi connectivity index (χ1) is 38.3. The predicted octanol–water partition coefficient (Wildman–Crippen LogP) is -16.1. The molecule has 472 valence electrons. The number of carbonyl (C=O) groups excluding carboxylic acids is 1. The fourth-order valence-electron chi connectivity index (χ4n) is 10.1. The van der Waals surface area contributed by atoms with Crippen molar-refractivity contribution in [2.45, 2.75) is 222 Å². The lowest BCUT2D eigenvalue weighted by atomic mass is 9.95. The second-order valence-corrected chi connectivity index (χ2v) is 20.4. The van der Waals surface area contributed by atoms with Gasteiger partial charge in [0.1, 0.15) is 171 Å². The van der Waals surface area contributed by atoms with Gasteiger partial charge in [0.05, 0.1) is 46.2 Å². The van der Waals surface area contributed by atoms with E-state index in [2.05, 4.69) is 5.32 Å². The fraction of sp³-hybridized carbons (Fsp3) is 0.977. The van der Waals surface area contributed by atoms with Gasteiger partial charge < -0.3 is 179 Å². The molecule has 1 amide bonds. The van der Waals surface area contributed by atoms with Gasteiger partial charge in [-0.3, -0.25) is 4.79 Å². The maximum Gasteiger partial charge on any atom is 0.217 e. The van der Waals surface area contributed by atoms with E-state index in [1.165, 1.54) is 0 Å². The highest BCUT2D eigenvalue weighted by atomic mass is 16.8. The van der Waals surface area contributed by atoms with Gasteiger partial charge in [-0.05, 0) is 0 Å². The summed E-state index contributed by atoms with van der Waals surface area (Å²) in [6.07, 6.45) is -66.6. The Labute approximate surface area is 457 Å². The second kappa shape index (κ2) is 28.7. The van der Waals surface area contributed by atoms with Gasteiger partial charge in [0.2, 0.25) is 5.91 Å². The minimum Gasteiger partial charge on any atom is -0.394 e. The first kappa shape index (κ1) is 66.6. The summed E-state index contributed by atoms with van der Waals surface area (Å²) < 4.78 is 73.2. The zero-order valence-electron chi connectivity index (χ0n) is 42.7. The summed E-state index contributed by atoms with van der Waals surface area (Å²) in [6.45, 7) is -5.51. The number of aliphatic hydroxyl groups excluding tert-OH is 22. The number of ether oxygens (including phenoxy) is 13. The Morgan fingerprint density at radius 1 is 0.321 bits per heavy atom. The van der Waals surface area contributed by atoms with E-state index in [-0.39, 0.29) is 0 Å². The van der Waals surface area contributed by atoms with Crippen LogP contribution in [-0.4, -0.2) is 379 Å². The average Bonchev–Trinajstić information content (AvgIpc) is 3.47. The van der Waals surface area contributed by atoms with Crippen LogP contribution < -0.4 is 5.32 Å².